The van der Waals surface area contributed by atoms with Crippen molar-refractivity contribution in [3.05, 3.63) is 35.4 Å². The van der Waals surface area contributed by atoms with Crippen LogP contribution in [0.1, 0.15) is 36.9 Å². The van der Waals surface area contributed by atoms with Crippen molar-refractivity contribution in [3.8, 4) is 0 Å². The molecule has 5 heteroatoms. The molecule has 0 aliphatic heterocycles. The molecule has 0 radical (unpaired) electrons. The van der Waals surface area contributed by atoms with Gasteiger partial charge in [0.15, 0.2) is 0 Å². The highest BCUT2D eigenvalue weighted by Gasteiger charge is 2.30. The number of hydrogen-bond acceptors (Lipinski definition) is 2. The van der Waals surface area contributed by atoms with Crippen molar-refractivity contribution in [1.29, 1.82) is 0 Å². The lowest BCUT2D eigenvalue weighted by atomic mass is 10.00. The summed E-state index contributed by atoms with van der Waals surface area (Å²) in [4.78, 5) is 0. The van der Waals surface area contributed by atoms with E-state index in [1.54, 1.807) is 6.07 Å². The first-order valence-electron chi connectivity index (χ1n) is 6.00. The Morgan fingerprint density at radius 2 is 2.06 bits per heavy atom. The van der Waals surface area contributed by atoms with Gasteiger partial charge in [-0.05, 0) is 24.1 Å². The topological polar surface area (TPSA) is 32.3 Å². The van der Waals surface area contributed by atoms with Crippen molar-refractivity contribution in [1.82, 2.24) is 5.32 Å². The maximum atomic E-state index is 12.6. The van der Waals surface area contributed by atoms with Crippen LogP contribution in [0.15, 0.2) is 24.3 Å². The molecule has 1 unspecified atom stereocenters. The largest absolute Gasteiger partial charge is 0.416 e. The number of nitrogens with one attached hydrogen (secondary N) is 1. The third-order valence-electron chi connectivity index (χ3n) is 2.70. The molecule has 2 nitrogen and oxygen atoms in total. The van der Waals surface area contributed by atoms with Crippen LogP contribution in [0.2, 0.25) is 0 Å². The molecule has 1 atom stereocenters. The van der Waals surface area contributed by atoms with E-state index in [9.17, 15) is 13.2 Å². The highest BCUT2D eigenvalue weighted by molar-refractivity contribution is 5.28. The Morgan fingerprint density at radius 3 is 2.61 bits per heavy atom. The summed E-state index contributed by atoms with van der Waals surface area (Å²) in [5.41, 5.74) is -0.0213. The van der Waals surface area contributed by atoms with Gasteiger partial charge in [-0.25, -0.2) is 0 Å². The fourth-order valence-electron chi connectivity index (χ4n) is 1.85. The predicted octanol–water partition coefficient (Wildman–Crippen LogP) is 3.13. The minimum absolute atomic E-state index is 0.0286. The van der Waals surface area contributed by atoms with Crippen LogP contribution in [-0.4, -0.2) is 18.3 Å². The molecule has 0 saturated heterocycles. The second-order valence-electron chi connectivity index (χ2n) is 4.14. The van der Waals surface area contributed by atoms with E-state index in [1.807, 2.05) is 6.92 Å². The Labute approximate surface area is 105 Å². The number of rotatable bonds is 6. The summed E-state index contributed by atoms with van der Waals surface area (Å²) in [7, 11) is 0. The van der Waals surface area contributed by atoms with Gasteiger partial charge in [-0.3, -0.25) is 0 Å². The Hall–Kier alpha value is -1.07. The fourth-order valence-corrected chi connectivity index (χ4v) is 1.85. The van der Waals surface area contributed by atoms with Crippen molar-refractivity contribution in [2.75, 3.05) is 13.2 Å². The molecule has 1 aromatic rings. The molecule has 2 N–H and O–H groups in total. The predicted molar refractivity (Wildman–Crippen MR) is 64.2 cm³/mol. The third-order valence-corrected chi connectivity index (χ3v) is 2.70. The minimum atomic E-state index is -4.32. The van der Waals surface area contributed by atoms with E-state index in [0.29, 0.717) is 12.1 Å². The van der Waals surface area contributed by atoms with Gasteiger partial charge in [0.25, 0.3) is 0 Å². The Kier molecular flexibility index (Phi) is 5.62. The van der Waals surface area contributed by atoms with Crippen LogP contribution < -0.4 is 5.32 Å². The van der Waals surface area contributed by atoms with E-state index >= 15 is 0 Å². The van der Waals surface area contributed by atoms with Crippen molar-refractivity contribution in [3.63, 3.8) is 0 Å². The summed E-state index contributed by atoms with van der Waals surface area (Å²) >= 11 is 0. The Morgan fingerprint density at radius 1 is 1.33 bits per heavy atom. The molecule has 0 spiro atoms. The van der Waals surface area contributed by atoms with Crippen LogP contribution in [0.5, 0.6) is 0 Å². The van der Waals surface area contributed by atoms with Crippen molar-refractivity contribution in [2.24, 2.45) is 0 Å². The van der Waals surface area contributed by atoms with Crippen LogP contribution in [0.25, 0.3) is 0 Å². The van der Waals surface area contributed by atoms with Crippen LogP contribution in [0, 0.1) is 0 Å². The summed E-state index contributed by atoms with van der Waals surface area (Å²) in [5.74, 6) is 0. The smallest absolute Gasteiger partial charge is 0.395 e. The lowest BCUT2D eigenvalue weighted by molar-refractivity contribution is -0.137. The van der Waals surface area contributed by atoms with E-state index in [2.05, 4.69) is 5.32 Å². The first-order valence-corrected chi connectivity index (χ1v) is 6.00. The fraction of sp³-hybridized carbons (Fsp3) is 0.538. The number of aliphatic hydroxyl groups excluding tert-OH is 1. The highest BCUT2D eigenvalue weighted by atomic mass is 19.4. The average Bonchev–Trinajstić information content (AvgIpc) is 2.33. The molecule has 0 amide bonds. The van der Waals surface area contributed by atoms with Gasteiger partial charge < -0.3 is 10.4 Å². The molecule has 1 rings (SSSR count). The molecule has 0 aliphatic carbocycles. The van der Waals surface area contributed by atoms with Crippen LogP contribution in [-0.2, 0) is 6.18 Å². The Bertz CT molecular complexity index is 365. The van der Waals surface area contributed by atoms with Gasteiger partial charge in [0.1, 0.15) is 0 Å². The third kappa shape index (κ3) is 4.31. The molecule has 1 aromatic carbocycles. The molecule has 0 fully saturated rings. The highest BCUT2D eigenvalue weighted by Crippen LogP contribution is 2.31. The number of benzene rings is 1. The summed E-state index contributed by atoms with van der Waals surface area (Å²) < 4.78 is 37.8. The van der Waals surface area contributed by atoms with Crippen LogP contribution in [0.3, 0.4) is 0 Å². The zero-order valence-corrected chi connectivity index (χ0v) is 10.3. The molecule has 18 heavy (non-hydrogen) atoms. The van der Waals surface area contributed by atoms with Gasteiger partial charge >= 0.3 is 6.18 Å². The molecule has 0 saturated carbocycles. The van der Waals surface area contributed by atoms with Gasteiger partial charge in [0, 0.05) is 12.6 Å². The summed E-state index contributed by atoms with van der Waals surface area (Å²) in [6.07, 6.45) is -2.72. The lowest BCUT2D eigenvalue weighted by Gasteiger charge is -2.19. The zero-order chi connectivity index (χ0) is 13.6. The lowest BCUT2D eigenvalue weighted by Crippen LogP contribution is -2.24. The maximum absolute atomic E-state index is 12.6. The summed E-state index contributed by atoms with van der Waals surface area (Å²) in [5, 5.41) is 11.8. The van der Waals surface area contributed by atoms with E-state index in [4.69, 9.17) is 5.11 Å². The van der Waals surface area contributed by atoms with Crippen LogP contribution in [0.4, 0.5) is 13.2 Å². The number of hydrogen-bond donors (Lipinski definition) is 2. The van der Waals surface area contributed by atoms with Crippen LogP contribution >= 0.6 is 0 Å². The average molecular weight is 261 g/mol. The molecular formula is C13H18F3NO. The van der Waals surface area contributed by atoms with Gasteiger partial charge in [-0.2, -0.15) is 13.2 Å². The molecule has 0 heterocycles. The van der Waals surface area contributed by atoms with E-state index in [0.717, 1.165) is 18.9 Å². The Balaban J connectivity index is 2.90. The van der Waals surface area contributed by atoms with Gasteiger partial charge in [-0.1, -0.05) is 25.5 Å². The van der Waals surface area contributed by atoms with E-state index in [1.165, 1.54) is 12.1 Å². The van der Waals surface area contributed by atoms with Gasteiger partial charge in [0.05, 0.1) is 12.2 Å². The molecule has 0 aliphatic rings. The number of alkyl halides is 3. The zero-order valence-electron chi connectivity index (χ0n) is 10.3. The standard InChI is InChI=1S/C13H18F3NO/c1-2-4-12(17-7-8-18)10-5-3-6-11(9-10)13(14,15)16/h3,5-6,9,12,17-18H,2,4,7-8H2,1H3. The minimum Gasteiger partial charge on any atom is -0.395 e. The second kappa shape index (κ2) is 6.75. The summed E-state index contributed by atoms with van der Waals surface area (Å²) in [6.45, 7) is 2.32. The van der Waals surface area contributed by atoms with E-state index < -0.39 is 11.7 Å². The molecule has 102 valence electrons. The first kappa shape index (κ1) is 15.0. The number of halogens is 3. The van der Waals surface area contributed by atoms with Crippen molar-refractivity contribution in [2.45, 2.75) is 32.0 Å². The van der Waals surface area contributed by atoms with E-state index in [-0.39, 0.29) is 12.6 Å². The van der Waals surface area contributed by atoms with Crippen molar-refractivity contribution < 1.29 is 18.3 Å². The second-order valence-corrected chi connectivity index (χ2v) is 4.14. The van der Waals surface area contributed by atoms with Gasteiger partial charge in [0.2, 0.25) is 0 Å². The quantitative estimate of drug-likeness (QED) is 0.824. The number of aliphatic hydroxyl groups is 1. The molecule has 0 aromatic heterocycles. The normalized spacial score (nSPS) is 13.6. The first-order chi connectivity index (χ1) is 8.49. The molecular weight excluding hydrogens is 243 g/mol. The molecule has 0 bridgehead atoms. The van der Waals surface area contributed by atoms with Crippen molar-refractivity contribution >= 4 is 0 Å². The summed E-state index contributed by atoms with van der Waals surface area (Å²) in [6, 6.07) is 5.19. The van der Waals surface area contributed by atoms with Gasteiger partial charge in [-0.15, -0.1) is 0 Å². The maximum Gasteiger partial charge on any atom is 0.416 e. The monoisotopic (exact) mass is 261 g/mol. The SMILES string of the molecule is CCCC(NCCO)c1cccc(C(F)(F)F)c1.